The molecule has 2 amide bonds. The van der Waals surface area contributed by atoms with Crippen LogP contribution < -0.4 is 4.74 Å². The van der Waals surface area contributed by atoms with Gasteiger partial charge >= 0.3 is 11.9 Å². The summed E-state index contributed by atoms with van der Waals surface area (Å²) in [6, 6.07) is 1.25. The van der Waals surface area contributed by atoms with E-state index in [1.165, 1.54) is 13.0 Å². The van der Waals surface area contributed by atoms with E-state index in [1.54, 1.807) is 0 Å². The third kappa shape index (κ3) is 2.16. The Labute approximate surface area is 135 Å². The molecular weight excluding hydrogens is 322 g/mol. The molecule has 2 aliphatic rings. The highest BCUT2D eigenvalue weighted by molar-refractivity contribution is 6.23. The van der Waals surface area contributed by atoms with Gasteiger partial charge in [0.2, 0.25) is 0 Å². The molecule has 24 heavy (non-hydrogen) atoms. The minimum atomic E-state index is -1.36. The molecule has 1 aromatic carbocycles. The van der Waals surface area contributed by atoms with E-state index in [0.29, 0.717) is 4.90 Å². The van der Waals surface area contributed by atoms with Gasteiger partial charge in [0.1, 0.15) is 24.1 Å². The van der Waals surface area contributed by atoms with Crippen molar-refractivity contribution in [2.45, 2.75) is 19.4 Å². The Hall–Kier alpha value is -3.10. The first-order valence-electron chi connectivity index (χ1n) is 7.08. The summed E-state index contributed by atoms with van der Waals surface area (Å²) in [5.74, 6) is -5.35. The molecule has 9 nitrogen and oxygen atoms in total. The highest BCUT2D eigenvalue weighted by atomic mass is 16.5. The van der Waals surface area contributed by atoms with Crippen LogP contribution in [-0.4, -0.2) is 56.6 Å². The van der Waals surface area contributed by atoms with Gasteiger partial charge in [-0.1, -0.05) is 0 Å². The molecule has 0 aliphatic carbocycles. The molecule has 0 aromatic heterocycles. The molecule has 0 unspecified atom stereocenters. The first-order valence-corrected chi connectivity index (χ1v) is 7.08. The lowest BCUT2D eigenvalue weighted by Gasteiger charge is -2.14. The number of aromatic hydroxyl groups is 1. The SMILES string of the molecule is C[C@@H](C(=O)O)[C@@H]1Cc2c(cc3c(c2O)C(=O)N(CC(=O)O)C3=O)O1. The summed E-state index contributed by atoms with van der Waals surface area (Å²) in [6.45, 7) is 0.643. The van der Waals surface area contributed by atoms with E-state index >= 15 is 0 Å². The van der Waals surface area contributed by atoms with E-state index in [-0.39, 0.29) is 28.9 Å². The average Bonchev–Trinajstić information content (AvgIpc) is 3.02. The number of carbonyl (C=O) groups excluding carboxylic acids is 2. The van der Waals surface area contributed by atoms with Gasteiger partial charge in [-0.05, 0) is 13.0 Å². The Morgan fingerprint density at radius 2 is 2.00 bits per heavy atom. The lowest BCUT2D eigenvalue weighted by atomic mass is 9.96. The Bertz CT molecular complexity index is 799. The van der Waals surface area contributed by atoms with Gasteiger partial charge in [0.15, 0.2) is 0 Å². The number of hydrogen-bond donors (Lipinski definition) is 3. The monoisotopic (exact) mass is 335 g/mol. The number of imide groups is 1. The van der Waals surface area contributed by atoms with E-state index in [0.717, 1.165) is 0 Å². The third-order valence-electron chi connectivity index (χ3n) is 4.22. The predicted molar refractivity (Wildman–Crippen MR) is 76.0 cm³/mol. The second kappa shape index (κ2) is 5.22. The fraction of sp³-hybridized carbons (Fsp3) is 0.333. The highest BCUT2D eigenvalue weighted by Crippen LogP contribution is 2.44. The first kappa shape index (κ1) is 15.8. The number of hydrogen-bond acceptors (Lipinski definition) is 6. The van der Waals surface area contributed by atoms with Crippen LogP contribution in [0.4, 0.5) is 0 Å². The Morgan fingerprint density at radius 3 is 2.58 bits per heavy atom. The zero-order valence-electron chi connectivity index (χ0n) is 12.5. The van der Waals surface area contributed by atoms with Crippen LogP contribution in [0.1, 0.15) is 33.2 Å². The van der Waals surface area contributed by atoms with Gasteiger partial charge in [0, 0.05) is 12.0 Å². The lowest BCUT2D eigenvalue weighted by Crippen LogP contribution is -2.34. The van der Waals surface area contributed by atoms with Crippen LogP contribution in [0.3, 0.4) is 0 Å². The average molecular weight is 335 g/mol. The van der Waals surface area contributed by atoms with Gasteiger partial charge < -0.3 is 20.1 Å². The summed E-state index contributed by atoms with van der Waals surface area (Å²) in [6.07, 6.45) is -0.659. The fourth-order valence-corrected chi connectivity index (χ4v) is 2.87. The molecule has 2 atom stereocenters. The summed E-state index contributed by atoms with van der Waals surface area (Å²) in [4.78, 5) is 46.8. The van der Waals surface area contributed by atoms with Crippen molar-refractivity contribution in [3.8, 4) is 11.5 Å². The lowest BCUT2D eigenvalue weighted by molar-refractivity contribution is -0.144. The number of benzene rings is 1. The number of amides is 2. The zero-order chi connectivity index (χ0) is 17.8. The molecule has 0 bridgehead atoms. The van der Waals surface area contributed by atoms with Crippen LogP contribution >= 0.6 is 0 Å². The van der Waals surface area contributed by atoms with E-state index in [1.807, 2.05) is 0 Å². The molecule has 2 heterocycles. The molecule has 0 saturated heterocycles. The van der Waals surface area contributed by atoms with Crippen LogP contribution in [-0.2, 0) is 16.0 Å². The van der Waals surface area contributed by atoms with Crippen molar-refractivity contribution in [1.82, 2.24) is 4.90 Å². The number of nitrogens with zero attached hydrogens (tertiary/aromatic N) is 1. The van der Waals surface area contributed by atoms with Crippen molar-refractivity contribution in [1.29, 1.82) is 0 Å². The minimum absolute atomic E-state index is 0.0717. The van der Waals surface area contributed by atoms with Gasteiger partial charge in [0.25, 0.3) is 11.8 Å². The number of carboxylic acids is 2. The number of aliphatic carboxylic acids is 2. The Kier molecular flexibility index (Phi) is 3.43. The standard InChI is InChI=1S/C15H13NO8/c1-5(15(22)23)8-2-6-9(24-8)3-7-11(12(6)19)14(21)16(13(7)20)4-10(17)18/h3,5,8,19H,2,4H2,1H3,(H,17,18)(H,22,23)/t5-,8+/m1/s1. The number of carboxylic acid groups (broad SMARTS) is 2. The molecule has 0 spiro atoms. The van der Waals surface area contributed by atoms with E-state index < -0.39 is 48.1 Å². The van der Waals surface area contributed by atoms with Gasteiger partial charge in [0.05, 0.1) is 17.0 Å². The quantitative estimate of drug-likeness (QED) is 0.658. The minimum Gasteiger partial charge on any atom is -0.507 e. The second-order valence-electron chi connectivity index (χ2n) is 5.70. The first-order chi connectivity index (χ1) is 11.2. The van der Waals surface area contributed by atoms with E-state index in [2.05, 4.69) is 0 Å². The van der Waals surface area contributed by atoms with E-state index in [9.17, 15) is 24.3 Å². The number of fused-ring (bicyclic) bond motifs is 2. The molecule has 126 valence electrons. The van der Waals surface area contributed by atoms with Crippen LogP contribution in [0.5, 0.6) is 11.5 Å². The molecule has 3 N–H and O–H groups in total. The molecule has 0 fully saturated rings. The normalized spacial score (nSPS) is 19.7. The summed E-state index contributed by atoms with van der Waals surface area (Å²) >= 11 is 0. The molecule has 3 rings (SSSR count). The van der Waals surface area contributed by atoms with Crippen molar-refractivity contribution in [2.75, 3.05) is 6.54 Å². The topological polar surface area (TPSA) is 141 Å². The van der Waals surface area contributed by atoms with Gasteiger partial charge in [-0.3, -0.25) is 24.1 Å². The van der Waals surface area contributed by atoms with Crippen LogP contribution in [0.2, 0.25) is 0 Å². The van der Waals surface area contributed by atoms with Crippen LogP contribution in [0.15, 0.2) is 6.07 Å². The molecule has 2 aliphatic heterocycles. The molecule has 1 aromatic rings. The molecule has 9 heteroatoms. The van der Waals surface area contributed by atoms with Crippen molar-refractivity contribution in [3.05, 3.63) is 22.8 Å². The van der Waals surface area contributed by atoms with Crippen molar-refractivity contribution < 1.29 is 39.2 Å². The largest absolute Gasteiger partial charge is 0.507 e. The predicted octanol–water partition coefficient (Wildman–Crippen LogP) is 0.0970. The Balaban J connectivity index is 2.00. The summed E-state index contributed by atoms with van der Waals surface area (Å²) in [5, 5.41) is 28.2. The zero-order valence-corrected chi connectivity index (χ0v) is 12.5. The Morgan fingerprint density at radius 1 is 1.33 bits per heavy atom. The van der Waals surface area contributed by atoms with Crippen molar-refractivity contribution in [2.24, 2.45) is 5.92 Å². The van der Waals surface area contributed by atoms with Gasteiger partial charge in [-0.15, -0.1) is 0 Å². The van der Waals surface area contributed by atoms with Gasteiger partial charge in [-0.25, -0.2) is 0 Å². The number of carbonyl (C=O) groups is 4. The second-order valence-corrected chi connectivity index (χ2v) is 5.70. The number of phenols is 1. The molecule has 0 radical (unpaired) electrons. The maximum Gasteiger partial charge on any atom is 0.323 e. The smallest absolute Gasteiger partial charge is 0.323 e. The summed E-state index contributed by atoms with van der Waals surface area (Å²) in [5.41, 5.74) is -0.182. The van der Waals surface area contributed by atoms with Gasteiger partial charge in [-0.2, -0.15) is 0 Å². The number of phenolic OH excluding ortho intramolecular Hbond substituents is 1. The maximum atomic E-state index is 12.2. The number of rotatable bonds is 4. The van der Waals surface area contributed by atoms with Crippen molar-refractivity contribution >= 4 is 23.8 Å². The fourth-order valence-electron chi connectivity index (χ4n) is 2.87. The molecule has 0 saturated carbocycles. The highest BCUT2D eigenvalue weighted by Gasteiger charge is 2.43. The summed E-state index contributed by atoms with van der Waals surface area (Å²) < 4.78 is 5.50. The van der Waals surface area contributed by atoms with Crippen LogP contribution in [0.25, 0.3) is 0 Å². The molecular formula is C15H13NO8. The van der Waals surface area contributed by atoms with E-state index in [4.69, 9.17) is 14.9 Å². The van der Waals surface area contributed by atoms with Crippen LogP contribution in [0, 0.1) is 5.92 Å². The van der Waals surface area contributed by atoms with Crippen molar-refractivity contribution in [3.63, 3.8) is 0 Å². The third-order valence-corrected chi connectivity index (χ3v) is 4.22. The summed E-state index contributed by atoms with van der Waals surface area (Å²) in [7, 11) is 0. The number of ether oxygens (including phenoxy) is 1. The maximum absolute atomic E-state index is 12.2.